The summed E-state index contributed by atoms with van der Waals surface area (Å²) in [7, 11) is 0. The van der Waals surface area contributed by atoms with Gasteiger partial charge in [0.05, 0.1) is 0 Å². The zero-order valence-corrected chi connectivity index (χ0v) is 6.99. The first kappa shape index (κ1) is 9.44. The van der Waals surface area contributed by atoms with Gasteiger partial charge in [-0.25, -0.2) is 4.79 Å². The molecule has 1 heterocycles. The Hall–Kier alpha value is -1.65. The van der Waals surface area contributed by atoms with Gasteiger partial charge >= 0.3 is 5.97 Å². The SMILES string of the molecule is C=CC(=O)OCC(=O)N1CCC1=O. The summed E-state index contributed by atoms with van der Waals surface area (Å²) >= 11 is 0. The topological polar surface area (TPSA) is 63.7 Å². The minimum Gasteiger partial charge on any atom is -0.452 e. The molecule has 0 bridgehead atoms. The molecule has 0 aromatic heterocycles. The summed E-state index contributed by atoms with van der Waals surface area (Å²) in [4.78, 5) is 33.4. The fourth-order valence-corrected chi connectivity index (χ4v) is 0.848. The third kappa shape index (κ3) is 2.14. The van der Waals surface area contributed by atoms with Gasteiger partial charge in [0, 0.05) is 19.0 Å². The van der Waals surface area contributed by atoms with E-state index in [9.17, 15) is 14.4 Å². The van der Waals surface area contributed by atoms with E-state index in [1.165, 1.54) is 0 Å². The molecule has 0 aromatic rings. The molecule has 0 spiro atoms. The van der Waals surface area contributed by atoms with Gasteiger partial charge in [0.25, 0.3) is 5.91 Å². The molecule has 5 nitrogen and oxygen atoms in total. The molecule has 0 saturated carbocycles. The molecule has 0 N–H and O–H groups in total. The van der Waals surface area contributed by atoms with E-state index >= 15 is 0 Å². The summed E-state index contributed by atoms with van der Waals surface area (Å²) in [5, 5.41) is 0. The minimum atomic E-state index is -0.665. The smallest absolute Gasteiger partial charge is 0.330 e. The molecule has 0 aliphatic carbocycles. The molecule has 1 rings (SSSR count). The lowest BCUT2D eigenvalue weighted by Gasteiger charge is -2.27. The second-order valence-electron chi connectivity index (χ2n) is 2.50. The summed E-state index contributed by atoms with van der Waals surface area (Å²) in [5.41, 5.74) is 0. The Morgan fingerprint density at radius 2 is 2.31 bits per heavy atom. The van der Waals surface area contributed by atoms with Gasteiger partial charge in [0.1, 0.15) is 0 Å². The van der Waals surface area contributed by atoms with Crippen molar-refractivity contribution in [3.8, 4) is 0 Å². The summed E-state index contributed by atoms with van der Waals surface area (Å²) in [6.45, 7) is 3.19. The molecule has 0 radical (unpaired) electrons. The van der Waals surface area contributed by atoms with E-state index in [1.807, 2.05) is 0 Å². The van der Waals surface area contributed by atoms with Crippen LogP contribution >= 0.6 is 0 Å². The zero-order valence-electron chi connectivity index (χ0n) is 6.99. The van der Waals surface area contributed by atoms with Crippen LogP contribution in [0.4, 0.5) is 0 Å². The number of rotatable bonds is 3. The van der Waals surface area contributed by atoms with Crippen molar-refractivity contribution in [2.75, 3.05) is 13.2 Å². The van der Waals surface area contributed by atoms with Gasteiger partial charge in [0.15, 0.2) is 6.61 Å². The van der Waals surface area contributed by atoms with Crippen molar-refractivity contribution in [2.24, 2.45) is 0 Å². The van der Waals surface area contributed by atoms with E-state index in [-0.39, 0.29) is 5.91 Å². The summed E-state index contributed by atoms with van der Waals surface area (Å²) in [6, 6.07) is 0. The van der Waals surface area contributed by atoms with Crippen LogP contribution in [0.5, 0.6) is 0 Å². The van der Waals surface area contributed by atoms with E-state index < -0.39 is 18.5 Å². The Balaban J connectivity index is 2.29. The van der Waals surface area contributed by atoms with Crippen molar-refractivity contribution >= 4 is 17.8 Å². The number of β-lactam (4-membered cyclic amide) rings is 1. The maximum Gasteiger partial charge on any atom is 0.330 e. The third-order valence-electron chi connectivity index (χ3n) is 1.66. The van der Waals surface area contributed by atoms with Crippen molar-refractivity contribution in [1.82, 2.24) is 4.90 Å². The van der Waals surface area contributed by atoms with Gasteiger partial charge in [-0.2, -0.15) is 0 Å². The predicted octanol–water partition coefficient (Wildman–Crippen LogP) is -0.526. The highest BCUT2D eigenvalue weighted by atomic mass is 16.5. The van der Waals surface area contributed by atoms with Crippen LogP contribution in [0, 0.1) is 0 Å². The molecule has 1 aliphatic heterocycles. The zero-order chi connectivity index (χ0) is 9.84. The first-order valence-corrected chi connectivity index (χ1v) is 3.77. The predicted molar refractivity (Wildman–Crippen MR) is 42.5 cm³/mol. The second-order valence-corrected chi connectivity index (χ2v) is 2.50. The average molecular weight is 183 g/mol. The van der Waals surface area contributed by atoms with E-state index in [2.05, 4.69) is 11.3 Å². The van der Waals surface area contributed by atoms with Crippen LogP contribution in [-0.4, -0.2) is 35.8 Å². The number of carbonyl (C=O) groups is 3. The Kier molecular flexibility index (Phi) is 2.79. The van der Waals surface area contributed by atoms with Crippen molar-refractivity contribution < 1.29 is 19.1 Å². The number of nitrogens with zero attached hydrogens (tertiary/aromatic N) is 1. The number of imide groups is 1. The molecule has 5 heteroatoms. The van der Waals surface area contributed by atoms with Crippen LogP contribution < -0.4 is 0 Å². The molecule has 13 heavy (non-hydrogen) atoms. The van der Waals surface area contributed by atoms with Crippen molar-refractivity contribution in [3.63, 3.8) is 0 Å². The number of ether oxygens (including phenoxy) is 1. The minimum absolute atomic E-state index is 0.223. The Morgan fingerprint density at radius 1 is 1.62 bits per heavy atom. The second kappa shape index (κ2) is 3.84. The van der Waals surface area contributed by atoms with Crippen molar-refractivity contribution in [2.45, 2.75) is 6.42 Å². The highest BCUT2D eigenvalue weighted by molar-refractivity contribution is 6.00. The van der Waals surface area contributed by atoms with Gasteiger partial charge in [-0.15, -0.1) is 0 Å². The van der Waals surface area contributed by atoms with Crippen LogP contribution in [0.3, 0.4) is 0 Å². The number of carbonyl (C=O) groups excluding carboxylic acids is 3. The van der Waals surface area contributed by atoms with Crippen LogP contribution in [-0.2, 0) is 19.1 Å². The van der Waals surface area contributed by atoms with Crippen LogP contribution in [0.2, 0.25) is 0 Å². The van der Waals surface area contributed by atoms with E-state index in [0.717, 1.165) is 11.0 Å². The lowest BCUT2D eigenvalue weighted by Crippen LogP contribution is -2.49. The lowest BCUT2D eigenvalue weighted by atomic mass is 10.2. The largest absolute Gasteiger partial charge is 0.452 e. The summed E-state index contributed by atoms with van der Waals surface area (Å²) in [5.74, 6) is -1.37. The van der Waals surface area contributed by atoms with Crippen LogP contribution in [0.1, 0.15) is 6.42 Å². The highest BCUT2D eigenvalue weighted by Gasteiger charge is 2.30. The summed E-state index contributed by atoms with van der Waals surface area (Å²) < 4.78 is 4.46. The highest BCUT2D eigenvalue weighted by Crippen LogP contribution is 2.08. The Morgan fingerprint density at radius 3 is 2.69 bits per heavy atom. The fourth-order valence-electron chi connectivity index (χ4n) is 0.848. The lowest BCUT2D eigenvalue weighted by molar-refractivity contribution is -0.158. The van der Waals surface area contributed by atoms with Crippen molar-refractivity contribution in [3.05, 3.63) is 12.7 Å². The first-order valence-electron chi connectivity index (χ1n) is 3.77. The molecule has 0 aromatic carbocycles. The number of esters is 1. The van der Waals surface area contributed by atoms with Gasteiger partial charge < -0.3 is 4.74 Å². The Bertz CT molecular complexity index is 271. The van der Waals surface area contributed by atoms with Crippen LogP contribution in [0.25, 0.3) is 0 Å². The quantitative estimate of drug-likeness (QED) is 0.335. The molecule has 1 fully saturated rings. The van der Waals surface area contributed by atoms with Gasteiger partial charge in [-0.3, -0.25) is 14.5 Å². The molecule has 70 valence electrons. The van der Waals surface area contributed by atoms with Gasteiger partial charge in [0.2, 0.25) is 5.91 Å². The normalized spacial score (nSPS) is 14.8. The molecular formula is C8H9NO4. The van der Waals surface area contributed by atoms with Crippen molar-refractivity contribution in [1.29, 1.82) is 0 Å². The molecule has 1 aliphatic rings. The third-order valence-corrected chi connectivity index (χ3v) is 1.66. The Labute approximate surface area is 75.0 Å². The molecule has 1 saturated heterocycles. The number of hydrogen-bond donors (Lipinski definition) is 0. The standard InChI is InChI=1S/C8H9NO4/c1-2-8(12)13-5-7(11)9-4-3-6(9)10/h2H,1,3-5H2. The van der Waals surface area contributed by atoms with Gasteiger partial charge in [-0.1, -0.05) is 6.58 Å². The maximum absolute atomic E-state index is 11.0. The number of hydrogen-bond acceptors (Lipinski definition) is 4. The van der Waals surface area contributed by atoms with E-state index in [0.29, 0.717) is 13.0 Å². The number of amides is 2. The fraction of sp³-hybridized carbons (Fsp3) is 0.375. The molecule has 0 unspecified atom stereocenters. The maximum atomic E-state index is 11.0. The monoisotopic (exact) mass is 183 g/mol. The van der Waals surface area contributed by atoms with Gasteiger partial charge in [-0.05, 0) is 0 Å². The summed E-state index contributed by atoms with van der Waals surface area (Å²) in [6.07, 6.45) is 1.35. The van der Waals surface area contributed by atoms with Crippen LogP contribution in [0.15, 0.2) is 12.7 Å². The van der Waals surface area contributed by atoms with E-state index in [1.54, 1.807) is 0 Å². The molecule has 2 amide bonds. The molecular weight excluding hydrogens is 174 g/mol. The number of likely N-dealkylation sites (tertiary alicyclic amines) is 1. The first-order chi connectivity index (χ1) is 6.15. The van der Waals surface area contributed by atoms with E-state index in [4.69, 9.17) is 0 Å². The average Bonchev–Trinajstić information content (AvgIpc) is 2.11. The molecule has 0 atom stereocenters.